The maximum Gasteiger partial charge on any atom is 0.303 e. The summed E-state index contributed by atoms with van der Waals surface area (Å²) in [7, 11) is 0. The smallest absolute Gasteiger partial charge is 0.303 e. The van der Waals surface area contributed by atoms with Crippen molar-refractivity contribution in [3.05, 3.63) is 0 Å². The molecular formula is C28H58O2. The van der Waals surface area contributed by atoms with E-state index in [0.717, 1.165) is 12.8 Å². The molecule has 0 spiro atoms. The van der Waals surface area contributed by atoms with Gasteiger partial charge in [0.2, 0.25) is 0 Å². The standard InChI is InChI=1S/C14H28O2.C14H30/c1-2-3-4-5-6-7-8-9-10-11-12-13-14(15)16;1-3-5-7-9-11-13-14-12-10-8-6-4-2/h2-13H2,1H3,(H,15,16);3-14H2,1-2H3. The third-order valence-electron chi connectivity index (χ3n) is 5.95. The fourth-order valence-electron chi connectivity index (χ4n) is 3.85. The van der Waals surface area contributed by atoms with Crippen molar-refractivity contribution in [3.63, 3.8) is 0 Å². The van der Waals surface area contributed by atoms with Gasteiger partial charge in [-0.15, -0.1) is 0 Å². The molecule has 0 unspecified atom stereocenters. The lowest BCUT2D eigenvalue weighted by Crippen LogP contribution is -1.93. The number of carboxylic acid groups (broad SMARTS) is 1. The molecule has 2 nitrogen and oxygen atoms in total. The third kappa shape index (κ3) is 34.9. The number of hydrogen-bond acceptors (Lipinski definition) is 1. The zero-order valence-electron chi connectivity index (χ0n) is 21.3. The summed E-state index contributed by atoms with van der Waals surface area (Å²) < 4.78 is 0. The first-order valence-electron chi connectivity index (χ1n) is 13.9. The first-order valence-corrected chi connectivity index (χ1v) is 13.9. The molecule has 182 valence electrons. The van der Waals surface area contributed by atoms with Crippen LogP contribution in [-0.4, -0.2) is 11.1 Å². The van der Waals surface area contributed by atoms with E-state index in [4.69, 9.17) is 5.11 Å². The molecule has 0 aliphatic carbocycles. The molecule has 1 N–H and O–H groups in total. The molecule has 0 aromatic heterocycles. The lowest BCUT2D eigenvalue weighted by molar-refractivity contribution is -0.137. The molecule has 0 aromatic rings. The van der Waals surface area contributed by atoms with E-state index in [2.05, 4.69) is 20.8 Å². The van der Waals surface area contributed by atoms with Gasteiger partial charge in [0.05, 0.1) is 0 Å². The monoisotopic (exact) mass is 426 g/mol. The summed E-state index contributed by atoms with van der Waals surface area (Å²) in [5.41, 5.74) is 0. The summed E-state index contributed by atoms with van der Waals surface area (Å²) in [6.07, 6.45) is 31.8. The number of unbranched alkanes of at least 4 members (excludes halogenated alkanes) is 21. The number of carbonyl (C=O) groups is 1. The molecule has 0 aliphatic heterocycles. The normalized spacial score (nSPS) is 10.6. The molecule has 0 saturated heterocycles. The van der Waals surface area contributed by atoms with Crippen molar-refractivity contribution in [2.75, 3.05) is 0 Å². The zero-order valence-corrected chi connectivity index (χ0v) is 21.3. The Morgan fingerprint density at radius 2 is 0.600 bits per heavy atom. The van der Waals surface area contributed by atoms with E-state index in [-0.39, 0.29) is 0 Å². The molecule has 0 amide bonds. The van der Waals surface area contributed by atoms with Crippen molar-refractivity contribution in [2.45, 2.75) is 175 Å². The number of rotatable bonds is 23. The van der Waals surface area contributed by atoms with Gasteiger partial charge in [-0.3, -0.25) is 4.79 Å². The van der Waals surface area contributed by atoms with Gasteiger partial charge in [-0.1, -0.05) is 162 Å². The van der Waals surface area contributed by atoms with Gasteiger partial charge in [0.15, 0.2) is 0 Å². The largest absolute Gasteiger partial charge is 0.481 e. The van der Waals surface area contributed by atoms with E-state index >= 15 is 0 Å². The highest BCUT2D eigenvalue weighted by Crippen LogP contribution is 2.12. The van der Waals surface area contributed by atoms with E-state index < -0.39 is 5.97 Å². The molecule has 0 bridgehead atoms. The van der Waals surface area contributed by atoms with Crippen LogP contribution < -0.4 is 0 Å². The molecule has 0 heterocycles. The lowest BCUT2D eigenvalue weighted by atomic mass is 10.1. The fraction of sp³-hybridized carbons (Fsp3) is 0.964. The molecule has 0 atom stereocenters. The van der Waals surface area contributed by atoms with Crippen molar-refractivity contribution in [1.82, 2.24) is 0 Å². The Hall–Kier alpha value is -0.530. The van der Waals surface area contributed by atoms with Crippen molar-refractivity contribution in [3.8, 4) is 0 Å². The molecule has 0 fully saturated rings. The Kier molecular flexibility index (Phi) is 32.4. The second-order valence-electron chi connectivity index (χ2n) is 9.21. The van der Waals surface area contributed by atoms with Crippen LogP contribution in [0.1, 0.15) is 175 Å². The second-order valence-corrected chi connectivity index (χ2v) is 9.21. The lowest BCUT2D eigenvalue weighted by Gasteiger charge is -2.01. The summed E-state index contributed by atoms with van der Waals surface area (Å²) in [4.78, 5) is 10.3. The highest BCUT2D eigenvalue weighted by atomic mass is 16.4. The zero-order chi connectivity index (χ0) is 22.5. The number of carboxylic acids is 1. The Balaban J connectivity index is 0. The van der Waals surface area contributed by atoms with Gasteiger partial charge in [-0.2, -0.15) is 0 Å². The summed E-state index contributed by atoms with van der Waals surface area (Å²) in [5.74, 6) is -0.657. The van der Waals surface area contributed by atoms with Crippen LogP contribution in [0.5, 0.6) is 0 Å². The summed E-state index contributed by atoms with van der Waals surface area (Å²) in [6, 6.07) is 0. The van der Waals surface area contributed by atoms with Crippen LogP contribution in [0, 0.1) is 0 Å². The van der Waals surface area contributed by atoms with E-state index in [9.17, 15) is 4.79 Å². The third-order valence-corrected chi connectivity index (χ3v) is 5.95. The van der Waals surface area contributed by atoms with Crippen LogP contribution in [0.25, 0.3) is 0 Å². The Morgan fingerprint density at radius 1 is 0.400 bits per heavy atom. The molecule has 0 rings (SSSR count). The predicted octanol–water partition coefficient (Wildman–Crippen LogP) is 10.5. The van der Waals surface area contributed by atoms with E-state index in [0.29, 0.717) is 6.42 Å². The minimum atomic E-state index is -0.657. The topological polar surface area (TPSA) is 37.3 Å². The van der Waals surface area contributed by atoms with E-state index in [1.165, 1.54) is 135 Å². The summed E-state index contributed by atoms with van der Waals surface area (Å²) >= 11 is 0. The van der Waals surface area contributed by atoms with Crippen molar-refractivity contribution >= 4 is 5.97 Å². The first kappa shape index (κ1) is 31.7. The van der Waals surface area contributed by atoms with Gasteiger partial charge >= 0.3 is 5.97 Å². The number of aliphatic carboxylic acids is 1. The molecule has 0 aliphatic rings. The Morgan fingerprint density at radius 3 is 0.800 bits per heavy atom. The maximum absolute atomic E-state index is 10.3. The maximum atomic E-state index is 10.3. The van der Waals surface area contributed by atoms with Gasteiger partial charge in [-0.25, -0.2) is 0 Å². The van der Waals surface area contributed by atoms with Gasteiger partial charge in [0.25, 0.3) is 0 Å². The highest BCUT2D eigenvalue weighted by Gasteiger charge is 1.96. The SMILES string of the molecule is CCCCCCCCCCCCCC.CCCCCCCCCCCCCC(=O)O. The predicted molar refractivity (Wildman–Crippen MR) is 135 cm³/mol. The van der Waals surface area contributed by atoms with Gasteiger partial charge in [-0.05, 0) is 6.42 Å². The molecule has 0 radical (unpaired) electrons. The van der Waals surface area contributed by atoms with Crippen LogP contribution in [0.4, 0.5) is 0 Å². The molecule has 0 saturated carbocycles. The van der Waals surface area contributed by atoms with Gasteiger partial charge in [0, 0.05) is 6.42 Å². The van der Waals surface area contributed by atoms with Gasteiger partial charge < -0.3 is 5.11 Å². The quantitative estimate of drug-likeness (QED) is 0.165. The van der Waals surface area contributed by atoms with Crippen LogP contribution >= 0.6 is 0 Å². The average Bonchev–Trinajstić information content (AvgIpc) is 2.74. The fourth-order valence-corrected chi connectivity index (χ4v) is 3.85. The van der Waals surface area contributed by atoms with Crippen LogP contribution in [0.2, 0.25) is 0 Å². The van der Waals surface area contributed by atoms with Gasteiger partial charge in [0.1, 0.15) is 0 Å². The minimum Gasteiger partial charge on any atom is -0.481 e. The Labute approximate surface area is 191 Å². The van der Waals surface area contributed by atoms with E-state index in [1.54, 1.807) is 0 Å². The number of hydrogen-bond donors (Lipinski definition) is 1. The molecule has 30 heavy (non-hydrogen) atoms. The molecular weight excluding hydrogens is 368 g/mol. The highest BCUT2D eigenvalue weighted by molar-refractivity contribution is 5.66. The van der Waals surface area contributed by atoms with Crippen molar-refractivity contribution in [1.29, 1.82) is 0 Å². The Bertz CT molecular complexity index is 289. The van der Waals surface area contributed by atoms with Crippen molar-refractivity contribution < 1.29 is 9.90 Å². The summed E-state index contributed by atoms with van der Waals surface area (Å²) in [5, 5.41) is 8.46. The van der Waals surface area contributed by atoms with Crippen LogP contribution in [-0.2, 0) is 4.79 Å². The van der Waals surface area contributed by atoms with Crippen LogP contribution in [0.3, 0.4) is 0 Å². The van der Waals surface area contributed by atoms with E-state index in [1.807, 2.05) is 0 Å². The van der Waals surface area contributed by atoms with Crippen molar-refractivity contribution in [2.24, 2.45) is 0 Å². The summed E-state index contributed by atoms with van der Waals surface area (Å²) in [6.45, 7) is 6.82. The molecule has 0 aromatic carbocycles. The second kappa shape index (κ2) is 30.7. The molecule has 2 heteroatoms. The van der Waals surface area contributed by atoms with Crippen LogP contribution in [0.15, 0.2) is 0 Å². The average molecular weight is 427 g/mol. The first-order chi connectivity index (χ1) is 14.7. The minimum absolute atomic E-state index is 0.344.